The van der Waals surface area contributed by atoms with Gasteiger partial charge in [0.2, 0.25) is 0 Å². The Hall–Kier alpha value is -1.66. The SMILES string of the molecule is O=c1ccc(-c2ccccc2)nn1[C@H]1CC[C@@](I)(c2cccc(Cl)c2)CC1. The summed E-state index contributed by atoms with van der Waals surface area (Å²) in [5.74, 6) is 0. The van der Waals surface area contributed by atoms with Crippen LogP contribution in [0.25, 0.3) is 11.3 Å². The zero-order valence-electron chi connectivity index (χ0n) is 14.8. The maximum absolute atomic E-state index is 12.5. The van der Waals surface area contributed by atoms with Crippen LogP contribution < -0.4 is 5.56 Å². The van der Waals surface area contributed by atoms with Crippen molar-refractivity contribution in [2.45, 2.75) is 35.1 Å². The average molecular weight is 491 g/mol. The first-order chi connectivity index (χ1) is 13.0. The molecule has 0 atom stereocenters. The van der Waals surface area contributed by atoms with Crippen LogP contribution in [-0.2, 0) is 3.42 Å². The van der Waals surface area contributed by atoms with Crippen LogP contribution in [0.15, 0.2) is 71.5 Å². The van der Waals surface area contributed by atoms with E-state index in [2.05, 4.69) is 39.8 Å². The molecule has 0 N–H and O–H groups in total. The predicted molar refractivity (Wildman–Crippen MR) is 119 cm³/mol. The summed E-state index contributed by atoms with van der Waals surface area (Å²) < 4.78 is 1.76. The van der Waals surface area contributed by atoms with Crippen molar-refractivity contribution < 1.29 is 0 Å². The molecule has 0 unspecified atom stereocenters. The van der Waals surface area contributed by atoms with Crippen molar-refractivity contribution in [1.29, 1.82) is 0 Å². The normalized spacial score (nSPS) is 22.5. The number of rotatable bonds is 3. The topological polar surface area (TPSA) is 34.9 Å². The Morgan fingerprint density at radius 1 is 1.00 bits per heavy atom. The van der Waals surface area contributed by atoms with Crippen molar-refractivity contribution in [2.75, 3.05) is 0 Å². The minimum Gasteiger partial charge on any atom is -0.268 e. The molecule has 27 heavy (non-hydrogen) atoms. The molecule has 3 nitrogen and oxygen atoms in total. The standard InChI is InChI=1S/C22H20ClIN2O/c23-18-8-4-7-17(15-18)22(24)13-11-19(12-14-22)26-21(27)10-9-20(25-26)16-5-2-1-3-6-16/h1-10,15,19H,11-14H2/t19-,22-. The minimum absolute atomic E-state index is 0.0246. The van der Waals surface area contributed by atoms with Gasteiger partial charge in [-0.3, -0.25) is 4.79 Å². The van der Waals surface area contributed by atoms with E-state index in [1.165, 1.54) is 5.56 Å². The molecule has 1 fully saturated rings. The van der Waals surface area contributed by atoms with Crippen LogP contribution in [-0.4, -0.2) is 9.78 Å². The average Bonchev–Trinajstić information content (AvgIpc) is 2.70. The van der Waals surface area contributed by atoms with Gasteiger partial charge in [0.25, 0.3) is 5.56 Å². The summed E-state index contributed by atoms with van der Waals surface area (Å²) in [6.45, 7) is 0. The summed E-state index contributed by atoms with van der Waals surface area (Å²) in [5.41, 5.74) is 3.12. The van der Waals surface area contributed by atoms with Gasteiger partial charge in [-0.15, -0.1) is 0 Å². The largest absolute Gasteiger partial charge is 0.268 e. The van der Waals surface area contributed by atoms with Gasteiger partial charge in [0.15, 0.2) is 0 Å². The third-order valence-electron chi connectivity index (χ3n) is 5.33. The van der Waals surface area contributed by atoms with E-state index in [4.69, 9.17) is 11.6 Å². The number of halogens is 2. The Kier molecular flexibility index (Phi) is 5.37. The molecule has 3 aromatic rings. The predicted octanol–water partition coefficient (Wildman–Crippen LogP) is 6.01. The fraction of sp³-hybridized carbons (Fsp3) is 0.273. The summed E-state index contributed by atoms with van der Waals surface area (Å²) >= 11 is 8.75. The van der Waals surface area contributed by atoms with Crippen LogP contribution in [0.1, 0.15) is 37.3 Å². The molecule has 0 spiro atoms. The highest BCUT2D eigenvalue weighted by Crippen LogP contribution is 2.48. The Morgan fingerprint density at radius 3 is 2.44 bits per heavy atom. The molecule has 2 aromatic carbocycles. The van der Waals surface area contributed by atoms with E-state index in [0.29, 0.717) is 0 Å². The molecular weight excluding hydrogens is 471 g/mol. The van der Waals surface area contributed by atoms with Gasteiger partial charge in [0.1, 0.15) is 0 Å². The molecule has 0 saturated heterocycles. The van der Waals surface area contributed by atoms with Gasteiger partial charge in [-0.2, -0.15) is 5.10 Å². The highest BCUT2D eigenvalue weighted by Gasteiger charge is 2.35. The molecule has 1 saturated carbocycles. The van der Waals surface area contributed by atoms with Crippen LogP contribution in [0.2, 0.25) is 5.02 Å². The first kappa shape index (κ1) is 18.7. The van der Waals surface area contributed by atoms with E-state index in [1.807, 2.05) is 48.5 Å². The van der Waals surface area contributed by atoms with E-state index < -0.39 is 0 Å². The van der Waals surface area contributed by atoms with Crippen molar-refractivity contribution in [3.63, 3.8) is 0 Å². The lowest BCUT2D eigenvalue weighted by Gasteiger charge is -2.36. The first-order valence-corrected chi connectivity index (χ1v) is 10.6. The van der Waals surface area contributed by atoms with E-state index in [-0.39, 0.29) is 15.0 Å². The summed E-state index contributed by atoms with van der Waals surface area (Å²) in [7, 11) is 0. The molecule has 4 rings (SSSR count). The molecule has 1 aliphatic rings. The zero-order chi connectivity index (χ0) is 18.9. The fourth-order valence-electron chi connectivity index (χ4n) is 3.81. The molecule has 138 valence electrons. The van der Waals surface area contributed by atoms with Gasteiger partial charge in [-0.25, -0.2) is 4.68 Å². The maximum atomic E-state index is 12.5. The summed E-state index contributed by atoms with van der Waals surface area (Å²) in [5, 5.41) is 5.46. The van der Waals surface area contributed by atoms with Gasteiger partial charge in [-0.05, 0) is 49.4 Å². The van der Waals surface area contributed by atoms with Gasteiger partial charge < -0.3 is 0 Å². The summed E-state index contributed by atoms with van der Waals surface area (Å²) in [4.78, 5) is 12.5. The van der Waals surface area contributed by atoms with Crippen LogP contribution in [0.3, 0.4) is 0 Å². The van der Waals surface area contributed by atoms with E-state index >= 15 is 0 Å². The van der Waals surface area contributed by atoms with Crippen LogP contribution >= 0.6 is 34.2 Å². The lowest BCUT2D eigenvalue weighted by atomic mass is 9.81. The number of hydrogen-bond acceptors (Lipinski definition) is 2. The van der Waals surface area contributed by atoms with Crippen LogP contribution in [0.5, 0.6) is 0 Å². The second kappa shape index (κ2) is 7.76. The van der Waals surface area contributed by atoms with Gasteiger partial charge in [0, 0.05) is 20.1 Å². The molecule has 0 radical (unpaired) electrons. The van der Waals surface area contributed by atoms with E-state index in [0.717, 1.165) is 42.0 Å². The van der Waals surface area contributed by atoms with Crippen molar-refractivity contribution in [3.8, 4) is 11.3 Å². The molecule has 0 bridgehead atoms. The number of benzene rings is 2. The third-order valence-corrected chi connectivity index (χ3v) is 7.27. The molecular formula is C22H20ClIN2O. The quantitative estimate of drug-likeness (QED) is 0.333. The summed E-state index contributed by atoms with van der Waals surface area (Å²) in [6.07, 6.45) is 3.87. The second-order valence-corrected chi connectivity index (χ2v) is 9.58. The zero-order valence-corrected chi connectivity index (χ0v) is 17.7. The Labute approximate surface area is 177 Å². The van der Waals surface area contributed by atoms with Crippen molar-refractivity contribution in [1.82, 2.24) is 9.78 Å². The van der Waals surface area contributed by atoms with Crippen LogP contribution in [0, 0.1) is 0 Å². The van der Waals surface area contributed by atoms with Crippen LogP contribution in [0.4, 0.5) is 0 Å². The van der Waals surface area contributed by atoms with Crippen molar-refractivity contribution in [2.24, 2.45) is 0 Å². The molecule has 1 aromatic heterocycles. The number of aromatic nitrogens is 2. The van der Waals surface area contributed by atoms with Gasteiger partial charge in [0.05, 0.1) is 11.7 Å². The first-order valence-electron chi connectivity index (χ1n) is 9.15. The van der Waals surface area contributed by atoms with Crippen molar-refractivity contribution in [3.05, 3.63) is 87.7 Å². The lowest BCUT2D eigenvalue weighted by molar-refractivity contribution is 0.287. The molecule has 1 aliphatic carbocycles. The smallest absolute Gasteiger partial charge is 0.267 e. The number of hydrogen-bond donors (Lipinski definition) is 0. The number of nitrogens with zero attached hydrogens (tertiary/aromatic N) is 2. The number of alkyl halides is 1. The maximum Gasteiger partial charge on any atom is 0.267 e. The lowest BCUT2D eigenvalue weighted by Crippen LogP contribution is -2.33. The third kappa shape index (κ3) is 3.97. The Morgan fingerprint density at radius 2 is 1.74 bits per heavy atom. The molecule has 0 amide bonds. The molecule has 0 aliphatic heterocycles. The monoisotopic (exact) mass is 490 g/mol. The molecule has 1 heterocycles. The highest BCUT2D eigenvalue weighted by atomic mass is 127. The minimum atomic E-state index is -0.0246. The van der Waals surface area contributed by atoms with E-state index in [9.17, 15) is 4.79 Å². The van der Waals surface area contributed by atoms with Gasteiger partial charge in [-0.1, -0.05) is 76.7 Å². The van der Waals surface area contributed by atoms with Gasteiger partial charge >= 0.3 is 0 Å². The van der Waals surface area contributed by atoms with Crippen molar-refractivity contribution >= 4 is 34.2 Å². The van der Waals surface area contributed by atoms with E-state index in [1.54, 1.807) is 10.7 Å². The Balaban J connectivity index is 1.57. The summed E-state index contributed by atoms with van der Waals surface area (Å²) in [6, 6.07) is 21.7. The Bertz CT molecular complexity index is 994. The fourth-order valence-corrected chi connectivity index (χ4v) is 4.96. The molecule has 5 heteroatoms. The highest BCUT2D eigenvalue weighted by molar-refractivity contribution is 14.1. The second-order valence-electron chi connectivity index (χ2n) is 7.07.